The van der Waals surface area contributed by atoms with E-state index in [4.69, 9.17) is 4.84 Å². The van der Waals surface area contributed by atoms with Crippen LogP contribution in [0, 0.1) is 17.3 Å². The van der Waals surface area contributed by atoms with Gasteiger partial charge in [0.25, 0.3) is 0 Å². The Bertz CT molecular complexity index is 591. The average Bonchev–Trinajstić information content (AvgIpc) is 3.21. The van der Waals surface area contributed by atoms with Crippen molar-refractivity contribution in [2.45, 2.75) is 65.4 Å². The zero-order chi connectivity index (χ0) is 19.9. The summed E-state index contributed by atoms with van der Waals surface area (Å²) in [6.07, 6.45) is 13.6. The average molecular weight is 378 g/mol. The molecule has 2 aliphatic carbocycles. The number of esters is 1. The topological polar surface area (TPSA) is 67.8 Å². The van der Waals surface area contributed by atoms with Crippen LogP contribution in [0.25, 0.3) is 0 Å². The first-order valence-corrected chi connectivity index (χ1v) is 10.1. The normalized spacial score (nSPS) is 23.1. The highest BCUT2D eigenvalue weighted by molar-refractivity contribution is 5.69. The first kappa shape index (κ1) is 21.7. The summed E-state index contributed by atoms with van der Waals surface area (Å²) in [4.78, 5) is 16.5. The molecule has 5 heteroatoms. The maximum atomic E-state index is 11.1. The van der Waals surface area contributed by atoms with E-state index in [1.54, 1.807) is 0 Å². The first-order chi connectivity index (χ1) is 12.9. The molecule has 152 valence electrons. The van der Waals surface area contributed by atoms with Crippen molar-refractivity contribution in [2.24, 2.45) is 17.3 Å². The molecule has 0 fully saturated rings. The Labute approximate surface area is 163 Å². The summed E-state index contributed by atoms with van der Waals surface area (Å²) in [6, 6.07) is 0. The Morgan fingerprint density at radius 2 is 2.26 bits per heavy atom. The predicted octanol–water partition coefficient (Wildman–Crippen LogP) is 4.05. The summed E-state index contributed by atoms with van der Waals surface area (Å²) in [7, 11) is 1.37. The molecule has 0 spiro atoms. The third-order valence-electron chi connectivity index (χ3n) is 5.70. The molecule has 27 heavy (non-hydrogen) atoms. The highest BCUT2D eigenvalue weighted by Crippen LogP contribution is 2.43. The molecule has 0 saturated heterocycles. The van der Waals surface area contributed by atoms with Gasteiger partial charge in [0.05, 0.1) is 26.2 Å². The molecule has 0 amide bonds. The van der Waals surface area contributed by atoms with E-state index in [1.165, 1.54) is 12.7 Å². The van der Waals surface area contributed by atoms with Crippen molar-refractivity contribution >= 4 is 5.97 Å². The minimum atomic E-state index is -0.436. The number of carbonyl (C=O) groups is 1. The molecule has 2 rings (SSSR count). The lowest BCUT2D eigenvalue weighted by Gasteiger charge is -2.28. The van der Waals surface area contributed by atoms with Crippen LogP contribution in [0.5, 0.6) is 0 Å². The summed E-state index contributed by atoms with van der Waals surface area (Å²) >= 11 is 0. The number of methoxy groups -OCH3 is 1. The largest absolute Gasteiger partial charge is 0.469 e. The first-order valence-electron chi connectivity index (χ1n) is 10.1. The Morgan fingerprint density at radius 3 is 2.96 bits per heavy atom. The van der Waals surface area contributed by atoms with Gasteiger partial charge in [0.1, 0.15) is 0 Å². The van der Waals surface area contributed by atoms with Crippen LogP contribution in [-0.2, 0) is 14.4 Å². The van der Waals surface area contributed by atoms with E-state index in [-0.39, 0.29) is 17.8 Å². The van der Waals surface area contributed by atoms with Crippen molar-refractivity contribution in [3.05, 3.63) is 35.6 Å². The maximum Gasteiger partial charge on any atom is 0.307 e. The van der Waals surface area contributed by atoms with Crippen molar-refractivity contribution in [1.82, 2.24) is 5.48 Å². The SMILES string of the molecule is CCCCC(C)(C)C(O)C=CC1=CC[C@@H]2CC(NOCCC(=O)OC)=C[C@@H]12. The van der Waals surface area contributed by atoms with Gasteiger partial charge < -0.3 is 9.84 Å². The molecule has 0 aromatic rings. The molecule has 0 aliphatic heterocycles. The van der Waals surface area contributed by atoms with Crippen LogP contribution in [0.3, 0.4) is 0 Å². The smallest absolute Gasteiger partial charge is 0.307 e. The Balaban J connectivity index is 1.84. The van der Waals surface area contributed by atoms with Crippen molar-refractivity contribution in [2.75, 3.05) is 13.7 Å². The van der Waals surface area contributed by atoms with Gasteiger partial charge in [-0.1, -0.05) is 57.9 Å². The highest BCUT2D eigenvalue weighted by Gasteiger charge is 2.33. The second-order valence-corrected chi connectivity index (χ2v) is 8.29. The number of hydrogen-bond donors (Lipinski definition) is 2. The van der Waals surface area contributed by atoms with Crippen LogP contribution in [-0.4, -0.2) is 30.9 Å². The van der Waals surface area contributed by atoms with Crippen LogP contribution in [0.15, 0.2) is 35.6 Å². The Morgan fingerprint density at radius 1 is 1.48 bits per heavy atom. The van der Waals surface area contributed by atoms with E-state index >= 15 is 0 Å². The van der Waals surface area contributed by atoms with E-state index in [9.17, 15) is 9.90 Å². The molecular formula is C22H35NO4. The molecule has 5 nitrogen and oxygen atoms in total. The highest BCUT2D eigenvalue weighted by atomic mass is 16.6. The van der Waals surface area contributed by atoms with Gasteiger partial charge in [-0.2, -0.15) is 0 Å². The lowest BCUT2D eigenvalue weighted by atomic mass is 9.81. The lowest BCUT2D eigenvalue weighted by molar-refractivity contribution is -0.142. The molecule has 1 unspecified atom stereocenters. The number of aliphatic hydroxyl groups excluding tert-OH is 1. The fraction of sp³-hybridized carbons (Fsp3) is 0.682. The van der Waals surface area contributed by atoms with Gasteiger partial charge in [0, 0.05) is 11.6 Å². The molecule has 0 radical (unpaired) electrons. The minimum Gasteiger partial charge on any atom is -0.469 e. The van der Waals surface area contributed by atoms with Gasteiger partial charge in [-0.05, 0) is 36.2 Å². The number of rotatable bonds is 11. The second kappa shape index (κ2) is 10.1. The van der Waals surface area contributed by atoms with Gasteiger partial charge >= 0.3 is 5.97 Å². The van der Waals surface area contributed by atoms with E-state index < -0.39 is 6.10 Å². The van der Waals surface area contributed by atoms with Crippen molar-refractivity contribution in [3.63, 3.8) is 0 Å². The van der Waals surface area contributed by atoms with Crippen LogP contribution in [0.1, 0.15) is 59.3 Å². The quantitative estimate of drug-likeness (QED) is 0.323. The van der Waals surface area contributed by atoms with Crippen LogP contribution in [0.2, 0.25) is 0 Å². The summed E-state index contributed by atoms with van der Waals surface area (Å²) in [5, 5.41) is 10.6. The zero-order valence-electron chi connectivity index (χ0n) is 17.2. The number of nitrogens with one attached hydrogen (secondary N) is 1. The predicted molar refractivity (Wildman–Crippen MR) is 107 cm³/mol. The maximum absolute atomic E-state index is 11.1. The van der Waals surface area contributed by atoms with Gasteiger partial charge in [0.2, 0.25) is 0 Å². The standard InChI is InChI=1S/C22H35NO4/c1-5-6-12-22(2,3)20(24)10-9-16-7-8-17-14-18(15-19(16)17)23-27-13-11-21(25)26-4/h7,9-10,15,17,19-20,23-24H,5-6,8,11-14H2,1-4H3/t17-,19+,20?/m1/s1. The van der Waals surface area contributed by atoms with E-state index in [0.29, 0.717) is 18.4 Å². The van der Waals surface area contributed by atoms with Crippen LogP contribution >= 0.6 is 0 Å². The molecule has 2 aliphatic rings. The summed E-state index contributed by atoms with van der Waals surface area (Å²) in [5.41, 5.74) is 5.22. The van der Waals surface area contributed by atoms with Gasteiger partial charge in [-0.15, -0.1) is 0 Å². The van der Waals surface area contributed by atoms with E-state index in [0.717, 1.165) is 37.8 Å². The molecule has 2 N–H and O–H groups in total. The number of hydrogen-bond acceptors (Lipinski definition) is 5. The second-order valence-electron chi connectivity index (χ2n) is 8.29. The molecule has 3 atom stereocenters. The van der Waals surface area contributed by atoms with E-state index in [1.807, 2.05) is 6.08 Å². The number of ether oxygens (including phenoxy) is 1. The number of carbonyl (C=O) groups excluding carboxylic acids is 1. The number of hydroxylamine groups is 1. The van der Waals surface area contributed by atoms with E-state index in [2.05, 4.69) is 49.2 Å². The molecular weight excluding hydrogens is 342 g/mol. The minimum absolute atomic E-state index is 0.100. The number of fused-ring (bicyclic) bond motifs is 1. The number of aliphatic hydroxyl groups is 1. The lowest BCUT2D eigenvalue weighted by Crippen LogP contribution is -2.27. The summed E-state index contributed by atoms with van der Waals surface area (Å²) in [6.45, 7) is 6.74. The van der Waals surface area contributed by atoms with Crippen LogP contribution in [0.4, 0.5) is 0 Å². The van der Waals surface area contributed by atoms with Crippen molar-refractivity contribution in [3.8, 4) is 0 Å². The summed E-state index contributed by atoms with van der Waals surface area (Å²) < 4.78 is 4.59. The fourth-order valence-electron chi connectivity index (χ4n) is 3.73. The Kier molecular flexibility index (Phi) is 8.11. The number of unbranched alkanes of at least 4 members (excludes halogenated alkanes) is 1. The molecule has 0 aromatic heterocycles. The number of allylic oxidation sites excluding steroid dienone is 5. The molecule has 0 heterocycles. The fourth-order valence-corrected chi connectivity index (χ4v) is 3.73. The Hall–Kier alpha value is -1.59. The van der Waals surface area contributed by atoms with Gasteiger partial charge in [-0.25, -0.2) is 0 Å². The summed E-state index contributed by atoms with van der Waals surface area (Å²) in [5.74, 6) is 0.658. The third kappa shape index (κ3) is 6.22. The zero-order valence-corrected chi connectivity index (χ0v) is 17.2. The van der Waals surface area contributed by atoms with Crippen molar-refractivity contribution in [1.29, 1.82) is 0 Å². The molecule has 0 bridgehead atoms. The van der Waals surface area contributed by atoms with Gasteiger partial charge in [0.15, 0.2) is 0 Å². The van der Waals surface area contributed by atoms with Crippen molar-refractivity contribution < 1.29 is 19.5 Å². The third-order valence-corrected chi connectivity index (χ3v) is 5.70. The van der Waals surface area contributed by atoms with Crippen LogP contribution < -0.4 is 5.48 Å². The monoisotopic (exact) mass is 377 g/mol. The van der Waals surface area contributed by atoms with Gasteiger partial charge in [-0.3, -0.25) is 15.1 Å². The molecule has 0 aromatic carbocycles. The molecule has 0 saturated carbocycles.